The minimum Gasteiger partial charge on any atom is -0.309 e. The van der Waals surface area contributed by atoms with Gasteiger partial charge in [-0.2, -0.15) is 8.78 Å². The zero-order chi connectivity index (χ0) is 23.4. The Kier molecular flexibility index (Phi) is 7.89. The first-order valence-corrected chi connectivity index (χ1v) is 13.1. The Bertz CT molecular complexity index is 857. The van der Waals surface area contributed by atoms with Crippen molar-refractivity contribution in [1.82, 2.24) is 0 Å². The molecule has 1 nitrogen and oxygen atoms in total. The minimum absolute atomic E-state index is 0.0634. The number of hydrogen-bond donors (Lipinski definition) is 0. The van der Waals surface area contributed by atoms with E-state index in [1.807, 2.05) is 24.3 Å². The molecule has 0 saturated heterocycles. The average molecular weight is 455 g/mol. The molecule has 0 radical (unpaired) electrons. The van der Waals surface area contributed by atoms with E-state index in [9.17, 15) is 8.78 Å². The van der Waals surface area contributed by atoms with Gasteiger partial charge in [0.15, 0.2) is 0 Å². The highest BCUT2D eigenvalue weighted by Gasteiger charge is 2.35. The standard InChI is InChI=1S/C30H40F2O/c1-4-23-7-11-26(12-8-23)27-15-13-24(14-16-27)22(3)33-30(31,32)29-19-17-28(18-20-29)25-9-5-21(2)6-10-25/h13-23,25-26H,4-12H2,1-3H3. The minimum atomic E-state index is -3.31. The fourth-order valence-electron chi connectivity index (χ4n) is 5.84. The van der Waals surface area contributed by atoms with Gasteiger partial charge < -0.3 is 4.74 Å². The van der Waals surface area contributed by atoms with Crippen LogP contribution in [0, 0.1) is 11.8 Å². The molecule has 0 bridgehead atoms. The maximum atomic E-state index is 14.9. The molecular formula is C30H40F2O. The number of alkyl halides is 2. The van der Waals surface area contributed by atoms with Crippen LogP contribution < -0.4 is 0 Å². The van der Waals surface area contributed by atoms with Crippen LogP contribution in [0.15, 0.2) is 48.5 Å². The third-order valence-electron chi connectivity index (χ3n) is 8.36. The molecule has 2 saturated carbocycles. The highest BCUT2D eigenvalue weighted by molar-refractivity contribution is 5.29. The summed E-state index contributed by atoms with van der Waals surface area (Å²) in [5, 5.41) is 0. The van der Waals surface area contributed by atoms with Crippen molar-refractivity contribution in [2.24, 2.45) is 11.8 Å². The van der Waals surface area contributed by atoms with Crippen LogP contribution in [0.5, 0.6) is 0 Å². The van der Waals surface area contributed by atoms with Gasteiger partial charge in [-0.05, 0) is 85.8 Å². The SMILES string of the molecule is CCC1CCC(c2ccc(C(C)OC(F)(F)c3ccc(C4CCC(C)CC4)cc3)cc2)CC1. The van der Waals surface area contributed by atoms with E-state index >= 15 is 0 Å². The van der Waals surface area contributed by atoms with E-state index in [2.05, 4.69) is 26.0 Å². The fourth-order valence-corrected chi connectivity index (χ4v) is 5.84. The third-order valence-corrected chi connectivity index (χ3v) is 8.36. The second-order valence-corrected chi connectivity index (χ2v) is 10.6. The predicted octanol–water partition coefficient (Wildman–Crippen LogP) is 9.49. The highest BCUT2D eigenvalue weighted by atomic mass is 19.3. The zero-order valence-electron chi connectivity index (χ0n) is 20.5. The van der Waals surface area contributed by atoms with Gasteiger partial charge in [0.1, 0.15) is 0 Å². The molecule has 0 aliphatic heterocycles. The van der Waals surface area contributed by atoms with Crippen LogP contribution in [0.25, 0.3) is 0 Å². The number of halogens is 2. The van der Waals surface area contributed by atoms with E-state index in [0.717, 1.165) is 30.2 Å². The molecule has 2 aromatic carbocycles. The molecule has 0 N–H and O–H groups in total. The van der Waals surface area contributed by atoms with Crippen molar-refractivity contribution in [3.05, 3.63) is 70.8 Å². The first kappa shape index (κ1) is 24.4. The van der Waals surface area contributed by atoms with Crippen LogP contribution in [0.3, 0.4) is 0 Å². The highest BCUT2D eigenvalue weighted by Crippen LogP contribution is 2.40. The van der Waals surface area contributed by atoms with Crippen LogP contribution in [0.2, 0.25) is 0 Å². The predicted molar refractivity (Wildman–Crippen MR) is 132 cm³/mol. The van der Waals surface area contributed by atoms with Gasteiger partial charge >= 0.3 is 6.11 Å². The van der Waals surface area contributed by atoms with E-state index in [1.165, 1.54) is 56.1 Å². The number of benzene rings is 2. The quantitative estimate of drug-likeness (QED) is 0.405. The molecule has 0 aromatic heterocycles. The van der Waals surface area contributed by atoms with Crippen LogP contribution in [-0.2, 0) is 10.8 Å². The summed E-state index contributed by atoms with van der Waals surface area (Å²) in [7, 11) is 0. The van der Waals surface area contributed by atoms with Gasteiger partial charge in [0.25, 0.3) is 0 Å². The summed E-state index contributed by atoms with van der Waals surface area (Å²) in [6, 6.07) is 15.0. The van der Waals surface area contributed by atoms with Crippen molar-refractivity contribution < 1.29 is 13.5 Å². The molecule has 0 spiro atoms. The normalized spacial score (nSPS) is 27.3. The fraction of sp³-hybridized carbons (Fsp3) is 0.600. The van der Waals surface area contributed by atoms with Gasteiger partial charge in [0.2, 0.25) is 0 Å². The molecular weight excluding hydrogens is 414 g/mol. The second kappa shape index (κ2) is 10.7. The van der Waals surface area contributed by atoms with Crippen molar-refractivity contribution in [3.8, 4) is 0 Å². The van der Waals surface area contributed by atoms with E-state index in [1.54, 1.807) is 19.1 Å². The Balaban J connectivity index is 1.35. The Morgan fingerprint density at radius 1 is 0.788 bits per heavy atom. The van der Waals surface area contributed by atoms with Gasteiger partial charge in [0, 0.05) is 0 Å². The lowest BCUT2D eigenvalue weighted by molar-refractivity contribution is -0.272. The van der Waals surface area contributed by atoms with Gasteiger partial charge in [-0.1, -0.05) is 81.6 Å². The van der Waals surface area contributed by atoms with Gasteiger partial charge in [-0.15, -0.1) is 0 Å². The van der Waals surface area contributed by atoms with Crippen molar-refractivity contribution in [2.45, 2.75) is 103 Å². The summed E-state index contributed by atoms with van der Waals surface area (Å²) >= 11 is 0. The maximum Gasteiger partial charge on any atom is 0.383 e. The van der Waals surface area contributed by atoms with E-state index in [4.69, 9.17) is 4.74 Å². The lowest BCUT2D eigenvalue weighted by atomic mass is 9.78. The van der Waals surface area contributed by atoms with Crippen LogP contribution in [0.1, 0.15) is 119 Å². The topological polar surface area (TPSA) is 9.23 Å². The van der Waals surface area contributed by atoms with Crippen molar-refractivity contribution in [1.29, 1.82) is 0 Å². The Hall–Kier alpha value is -1.74. The summed E-state index contributed by atoms with van der Waals surface area (Å²) < 4.78 is 35.2. The maximum absolute atomic E-state index is 14.9. The summed E-state index contributed by atoms with van der Waals surface area (Å²) in [6.07, 6.45) is 7.11. The Labute approximate surface area is 198 Å². The third kappa shape index (κ3) is 6.04. The largest absolute Gasteiger partial charge is 0.383 e. The zero-order valence-corrected chi connectivity index (χ0v) is 20.5. The molecule has 4 rings (SSSR count). The number of rotatable bonds is 7. The lowest BCUT2D eigenvalue weighted by Gasteiger charge is -2.28. The molecule has 2 aromatic rings. The molecule has 1 atom stereocenters. The summed E-state index contributed by atoms with van der Waals surface area (Å²) in [4.78, 5) is 0. The number of ether oxygens (including phenoxy) is 1. The first-order valence-electron chi connectivity index (χ1n) is 13.1. The van der Waals surface area contributed by atoms with Gasteiger partial charge in [-0.3, -0.25) is 0 Å². The smallest absolute Gasteiger partial charge is 0.309 e. The molecule has 2 fully saturated rings. The van der Waals surface area contributed by atoms with Crippen LogP contribution in [0.4, 0.5) is 8.78 Å². The van der Waals surface area contributed by atoms with Crippen LogP contribution >= 0.6 is 0 Å². The van der Waals surface area contributed by atoms with Crippen LogP contribution in [-0.4, -0.2) is 0 Å². The number of hydrogen-bond acceptors (Lipinski definition) is 1. The first-order chi connectivity index (χ1) is 15.9. The lowest BCUT2D eigenvalue weighted by Crippen LogP contribution is -2.20. The van der Waals surface area contributed by atoms with Gasteiger partial charge in [0.05, 0.1) is 11.7 Å². The Morgan fingerprint density at radius 3 is 1.79 bits per heavy atom. The molecule has 0 heterocycles. The second-order valence-electron chi connectivity index (χ2n) is 10.6. The summed E-state index contributed by atoms with van der Waals surface area (Å²) in [5.41, 5.74) is 3.25. The monoisotopic (exact) mass is 454 g/mol. The van der Waals surface area contributed by atoms with E-state index in [0.29, 0.717) is 11.8 Å². The average Bonchev–Trinajstić information content (AvgIpc) is 2.84. The van der Waals surface area contributed by atoms with Crippen molar-refractivity contribution in [3.63, 3.8) is 0 Å². The molecule has 0 amide bonds. The summed E-state index contributed by atoms with van der Waals surface area (Å²) in [6.45, 7) is 6.29. The molecule has 33 heavy (non-hydrogen) atoms. The summed E-state index contributed by atoms with van der Waals surface area (Å²) in [5.74, 6) is 2.76. The molecule has 2 aliphatic rings. The Morgan fingerprint density at radius 2 is 1.27 bits per heavy atom. The molecule has 2 aliphatic carbocycles. The molecule has 3 heteroatoms. The van der Waals surface area contributed by atoms with Crippen molar-refractivity contribution >= 4 is 0 Å². The molecule has 1 unspecified atom stereocenters. The van der Waals surface area contributed by atoms with E-state index in [-0.39, 0.29) is 5.56 Å². The van der Waals surface area contributed by atoms with Crippen molar-refractivity contribution in [2.75, 3.05) is 0 Å². The van der Waals surface area contributed by atoms with Gasteiger partial charge in [-0.25, -0.2) is 0 Å². The van der Waals surface area contributed by atoms with E-state index < -0.39 is 12.2 Å². The molecule has 180 valence electrons.